The fraction of sp³-hybridized carbons (Fsp3) is 0.200. The van der Waals surface area contributed by atoms with Gasteiger partial charge >= 0.3 is 8.80 Å². The fourth-order valence-electron chi connectivity index (χ4n) is 2.15. The Morgan fingerprint density at radius 2 is 1.35 bits per heavy atom. The molecule has 0 N–H and O–H groups in total. The average Bonchev–Trinajstić information content (AvgIpc) is 2.51. The molecule has 0 fully saturated rings. The first-order valence-corrected chi connectivity index (χ1v) is 8.69. The molecule has 0 aromatic heterocycles. The minimum atomic E-state index is -2.74. The molecule has 20 heavy (non-hydrogen) atoms. The number of halogens is 1. The van der Waals surface area contributed by atoms with E-state index in [4.69, 9.17) is 13.3 Å². The standard InChI is InChI=1S/C15H17BrO3Si/c1-17-20(18-2,19-3)13-10-8-12(9-11-13)14-6-4-5-7-15(14)16/h4-11H,1-3H3. The molecule has 0 radical (unpaired) electrons. The monoisotopic (exact) mass is 352 g/mol. The van der Waals surface area contributed by atoms with E-state index in [0.29, 0.717) is 0 Å². The van der Waals surface area contributed by atoms with Gasteiger partial charge in [0, 0.05) is 31.0 Å². The highest BCUT2D eigenvalue weighted by molar-refractivity contribution is 9.10. The van der Waals surface area contributed by atoms with Gasteiger partial charge in [-0.25, -0.2) is 0 Å². The largest absolute Gasteiger partial charge is 0.536 e. The van der Waals surface area contributed by atoms with Crippen LogP contribution in [0.3, 0.4) is 0 Å². The highest BCUT2D eigenvalue weighted by Crippen LogP contribution is 2.27. The van der Waals surface area contributed by atoms with Gasteiger partial charge < -0.3 is 13.3 Å². The molecular formula is C15H17BrO3Si. The molecule has 0 unspecified atom stereocenters. The fourth-order valence-corrected chi connectivity index (χ4v) is 4.45. The van der Waals surface area contributed by atoms with Crippen molar-refractivity contribution in [2.24, 2.45) is 0 Å². The molecule has 0 saturated carbocycles. The van der Waals surface area contributed by atoms with E-state index in [-0.39, 0.29) is 0 Å². The molecule has 0 aliphatic rings. The predicted molar refractivity (Wildman–Crippen MR) is 86.0 cm³/mol. The Hall–Kier alpha value is -0.983. The van der Waals surface area contributed by atoms with Crippen LogP contribution in [0.15, 0.2) is 53.0 Å². The first kappa shape index (κ1) is 15.4. The molecule has 3 nitrogen and oxygen atoms in total. The molecule has 5 heteroatoms. The van der Waals surface area contributed by atoms with Crippen molar-refractivity contribution in [2.75, 3.05) is 21.3 Å². The summed E-state index contributed by atoms with van der Waals surface area (Å²) < 4.78 is 17.5. The van der Waals surface area contributed by atoms with E-state index in [1.165, 1.54) is 0 Å². The van der Waals surface area contributed by atoms with Crippen LogP contribution in [-0.2, 0) is 13.3 Å². The second-order valence-electron chi connectivity index (χ2n) is 4.23. The number of hydrogen-bond acceptors (Lipinski definition) is 3. The molecule has 2 aromatic rings. The van der Waals surface area contributed by atoms with Gasteiger partial charge in [-0.1, -0.05) is 58.4 Å². The van der Waals surface area contributed by atoms with Crippen molar-refractivity contribution in [3.05, 3.63) is 53.0 Å². The van der Waals surface area contributed by atoms with Gasteiger partial charge in [0.25, 0.3) is 0 Å². The Kier molecular flexibility index (Phi) is 5.12. The minimum Gasteiger partial charge on any atom is -0.373 e. The van der Waals surface area contributed by atoms with Gasteiger partial charge in [-0.05, 0) is 17.2 Å². The van der Waals surface area contributed by atoms with E-state index in [1.54, 1.807) is 21.3 Å². The smallest absolute Gasteiger partial charge is 0.373 e. The van der Waals surface area contributed by atoms with Gasteiger partial charge in [0.15, 0.2) is 0 Å². The summed E-state index contributed by atoms with van der Waals surface area (Å²) in [6.45, 7) is 0. The van der Waals surface area contributed by atoms with E-state index < -0.39 is 8.80 Å². The minimum absolute atomic E-state index is 0.945. The Labute approximate surface area is 129 Å². The maximum absolute atomic E-state index is 5.48. The maximum atomic E-state index is 5.48. The number of hydrogen-bond donors (Lipinski definition) is 0. The van der Waals surface area contributed by atoms with Crippen molar-refractivity contribution in [3.8, 4) is 11.1 Å². The molecule has 0 spiro atoms. The molecule has 0 saturated heterocycles. The Bertz CT molecular complexity index is 559. The molecule has 2 aromatic carbocycles. The lowest BCUT2D eigenvalue weighted by molar-refractivity contribution is 0.140. The third-order valence-corrected chi connectivity index (χ3v) is 6.57. The summed E-state index contributed by atoms with van der Waals surface area (Å²) in [7, 11) is 2.09. The lowest BCUT2D eigenvalue weighted by Gasteiger charge is -2.24. The second-order valence-corrected chi connectivity index (χ2v) is 7.99. The highest BCUT2D eigenvalue weighted by atomic mass is 79.9. The average molecular weight is 353 g/mol. The second kappa shape index (κ2) is 6.65. The molecule has 0 heterocycles. The maximum Gasteiger partial charge on any atom is 0.536 e. The quantitative estimate of drug-likeness (QED) is 0.773. The van der Waals surface area contributed by atoms with Crippen LogP contribution in [0.5, 0.6) is 0 Å². The van der Waals surface area contributed by atoms with E-state index in [1.807, 2.05) is 42.5 Å². The Morgan fingerprint density at radius 3 is 1.85 bits per heavy atom. The van der Waals surface area contributed by atoms with Crippen molar-refractivity contribution in [2.45, 2.75) is 0 Å². The van der Waals surface area contributed by atoms with E-state index in [0.717, 1.165) is 20.8 Å². The summed E-state index contributed by atoms with van der Waals surface area (Å²) >= 11 is 3.57. The van der Waals surface area contributed by atoms with Crippen LogP contribution < -0.4 is 5.19 Å². The zero-order valence-corrected chi connectivity index (χ0v) is 14.3. The van der Waals surface area contributed by atoms with Gasteiger partial charge in [0.2, 0.25) is 0 Å². The number of rotatable bonds is 5. The summed E-state index contributed by atoms with van der Waals surface area (Å²) in [5.41, 5.74) is 2.28. The first-order chi connectivity index (χ1) is 9.66. The van der Waals surface area contributed by atoms with Gasteiger partial charge in [-0.15, -0.1) is 0 Å². The van der Waals surface area contributed by atoms with Gasteiger partial charge in [0.05, 0.1) is 0 Å². The van der Waals surface area contributed by atoms with E-state index in [2.05, 4.69) is 22.0 Å². The highest BCUT2D eigenvalue weighted by Gasteiger charge is 2.40. The summed E-state index contributed by atoms with van der Waals surface area (Å²) in [4.78, 5) is 0. The van der Waals surface area contributed by atoms with Crippen LogP contribution >= 0.6 is 15.9 Å². The summed E-state index contributed by atoms with van der Waals surface area (Å²) in [6.07, 6.45) is 0. The molecule has 0 amide bonds. The number of benzene rings is 2. The third-order valence-electron chi connectivity index (χ3n) is 3.23. The van der Waals surface area contributed by atoms with Gasteiger partial charge in [-0.3, -0.25) is 0 Å². The van der Waals surface area contributed by atoms with Crippen molar-refractivity contribution in [1.29, 1.82) is 0 Å². The summed E-state index contributed by atoms with van der Waals surface area (Å²) in [5, 5.41) is 0.945. The summed E-state index contributed by atoms with van der Waals surface area (Å²) in [5.74, 6) is 0. The molecule has 106 valence electrons. The topological polar surface area (TPSA) is 27.7 Å². The van der Waals surface area contributed by atoms with Crippen LogP contribution in [0, 0.1) is 0 Å². The molecule has 0 atom stereocenters. The molecular weight excluding hydrogens is 336 g/mol. The van der Waals surface area contributed by atoms with Crippen molar-refractivity contribution >= 4 is 29.9 Å². The van der Waals surface area contributed by atoms with Crippen molar-refractivity contribution in [1.82, 2.24) is 0 Å². The molecule has 0 aliphatic heterocycles. The Balaban J connectivity index is 2.38. The van der Waals surface area contributed by atoms with Crippen LogP contribution in [-0.4, -0.2) is 30.1 Å². The Morgan fingerprint density at radius 1 is 0.800 bits per heavy atom. The van der Waals surface area contributed by atoms with Crippen molar-refractivity contribution in [3.63, 3.8) is 0 Å². The van der Waals surface area contributed by atoms with Gasteiger partial charge in [0.1, 0.15) is 0 Å². The predicted octanol–water partition coefficient (Wildman–Crippen LogP) is 3.20. The SMILES string of the molecule is CO[Si](OC)(OC)c1ccc(-c2ccccc2Br)cc1. The molecule has 0 aliphatic carbocycles. The van der Waals surface area contributed by atoms with Crippen LogP contribution in [0.1, 0.15) is 0 Å². The lowest BCUT2D eigenvalue weighted by atomic mass is 10.1. The first-order valence-electron chi connectivity index (χ1n) is 6.17. The van der Waals surface area contributed by atoms with Crippen LogP contribution in [0.2, 0.25) is 0 Å². The zero-order valence-electron chi connectivity index (χ0n) is 11.7. The molecule has 0 bridgehead atoms. The van der Waals surface area contributed by atoms with E-state index in [9.17, 15) is 0 Å². The van der Waals surface area contributed by atoms with E-state index >= 15 is 0 Å². The zero-order chi connectivity index (χ0) is 14.6. The summed E-state index contributed by atoms with van der Waals surface area (Å²) in [6, 6.07) is 16.2. The lowest BCUT2D eigenvalue weighted by Crippen LogP contribution is -2.54. The van der Waals surface area contributed by atoms with Crippen LogP contribution in [0.25, 0.3) is 11.1 Å². The third kappa shape index (κ3) is 2.87. The van der Waals surface area contributed by atoms with Crippen molar-refractivity contribution < 1.29 is 13.3 Å². The normalized spacial score (nSPS) is 11.6. The van der Waals surface area contributed by atoms with Crippen LogP contribution in [0.4, 0.5) is 0 Å². The molecule has 2 rings (SSSR count). The van der Waals surface area contributed by atoms with Gasteiger partial charge in [-0.2, -0.15) is 0 Å².